The fourth-order valence-electron chi connectivity index (χ4n) is 1.67. The van der Waals surface area contributed by atoms with Crippen molar-refractivity contribution in [2.75, 3.05) is 26.4 Å². The first-order valence-corrected chi connectivity index (χ1v) is 6.98. The van der Waals surface area contributed by atoms with Gasteiger partial charge in [0.25, 0.3) is 0 Å². The SMILES string of the molecule is CCCCOCCOc1c(F)cccc1CNCC. The maximum absolute atomic E-state index is 13.7. The molecule has 0 aliphatic rings. The van der Waals surface area contributed by atoms with Crippen molar-refractivity contribution in [1.29, 1.82) is 0 Å². The second kappa shape index (κ2) is 9.75. The molecule has 0 heterocycles. The molecule has 1 aromatic rings. The van der Waals surface area contributed by atoms with E-state index < -0.39 is 0 Å². The van der Waals surface area contributed by atoms with Crippen molar-refractivity contribution in [3.8, 4) is 5.75 Å². The fourth-order valence-corrected chi connectivity index (χ4v) is 1.67. The molecule has 19 heavy (non-hydrogen) atoms. The highest BCUT2D eigenvalue weighted by Crippen LogP contribution is 2.22. The van der Waals surface area contributed by atoms with E-state index in [2.05, 4.69) is 12.2 Å². The highest BCUT2D eigenvalue weighted by Gasteiger charge is 2.09. The van der Waals surface area contributed by atoms with Crippen molar-refractivity contribution in [1.82, 2.24) is 5.32 Å². The minimum atomic E-state index is -0.316. The molecule has 108 valence electrons. The van der Waals surface area contributed by atoms with Gasteiger partial charge in [0.05, 0.1) is 6.61 Å². The van der Waals surface area contributed by atoms with Gasteiger partial charge in [-0.1, -0.05) is 32.4 Å². The van der Waals surface area contributed by atoms with Gasteiger partial charge in [-0.15, -0.1) is 0 Å². The Morgan fingerprint density at radius 3 is 2.74 bits per heavy atom. The van der Waals surface area contributed by atoms with E-state index in [1.165, 1.54) is 6.07 Å². The van der Waals surface area contributed by atoms with Crippen LogP contribution in [-0.4, -0.2) is 26.4 Å². The smallest absolute Gasteiger partial charge is 0.165 e. The Morgan fingerprint density at radius 1 is 1.16 bits per heavy atom. The zero-order chi connectivity index (χ0) is 13.9. The summed E-state index contributed by atoms with van der Waals surface area (Å²) in [5.41, 5.74) is 0.843. The van der Waals surface area contributed by atoms with Crippen LogP contribution >= 0.6 is 0 Å². The third-order valence-corrected chi connectivity index (χ3v) is 2.73. The minimum Gasteiger partial charge on any atom is -0.488 e. The maximum Gasteiger partial charge on any atom is 0.165 e. The lowest BCUT2D eigenvalue weighted by atomic mass is 10.2. The molecule has 0 bridgehead atoms. The lowest BCUT2D eigenvalue weighted by Crippen LogP contribution is -2.15. The van der Waals surface area contributed by atoms with Gasteiger partial charge in [-0.05, 0) is 19.0 Å². The molecule has 0 amide bonds. The molecule has 0 aromatic heterocycles. The van der Waals surface area contributed by atoms with E-state index in [0.29, 0.717) is 25.5 Å². The highest BCUT2D eigenvalue weighted by molar-refractivity contribution is 5.34. The summed E-state index contributed by atoms with van der Waals surface area (Å²) in [6.07, 6.45) is 2.16. The molecule has 0 aliphatic carbocycles. The van der Waals surface area contributed by atoms with Gasteiger partial charge in [0, 0.05) is 18.7 Å². The summed E-state index contributed by atoms with van der Waals surface area (Å²) in [5.74, 6) is 0.0199. The molecule has 0 atom stereocenters. The molecule has 3 nitrogen and oxygen atoms in total. The van der Waals surface area contributed by atoms with E-state index in [9.17, 15) is 4.39 Å². The van der Waals surface area contributed by atoms with Crippen molar-refractivity contribution < 1.29 is 13.9 Å². The van der Waals surface area contributed by atoms with Crippen LogP contribution < -0.4 is 10.1 Å². The summed E-state index contributed by atoms with van der Waals surface area (Å²) < 4.78 is 24.6. The minimum absolute atomic E-state index is 0.316. The molecule has 0 spiro atoms. The first kappa shape index (κ1) is 15.9. The average molecular weight is 269 g/mol. The Bertz CT molecular complexity index is 358. The van der Waals surface area contributed by atoms with Crippen molar-refractivity contribution >= 4 is 0 Å². The molecule has 0 radical (unpaired) electrons. The number of para-hydroxylation sites is 1. The molecule has 0 saturated carbocycles. The van der Waals surface area contributed by atoms with Crippen LogP contribution in [0.1, 0.15) is 32.3 Å². The Kier molecular flexibility index (Phi) is 8.18. The van der Waals surface area contributed by atoms with Crippen LogP contribution in [-0.2, 0) is 11.3 Å². The Labute approximate surface area is 115 Å². The van der Waals surface area contributed by atoms with Gasteiger partial charge in [-0.2, -0.15) is 0 Å². The number of ether oxygens (including phenoxy) is 2. The number of hydrogen-bond acceptors (Lipinski definition) is 3. The topological polar surface area (TPSA) is 30.5 Å². The molecule has 0 saturated heterocycles. The first-order chi connectivity index (χ1) is 9.29. The van der Waals surface area contributed by atoms with Crippen LogP contribution in [0.15, 0.2) is 18.2 Å². The van der Waals surface area contributed by atoms with Gasteiger partial charge in [0.15, 0.2) is 11.6 Å². The second-order valence-electron chi connectivity index (χ2n) is 4.32. The van der Waals surface area contributed by atoms with Gasteiger partial charge >= 0.3 is 0 Å². The van der Waals surface area contributed by atoms with Crippen molar-refractivity contribution in [3.63, 3.8) is 0 Å². The van der Waals surface area contributed by atoms with Crippen LogP contribution in [0.2, 0.25) is 0 Å². The summed E-state index contributed by atoms with van der Waals surface area (Å²) in [7, 11) is 0. The molecular weight excluding hydrogens is 245 g/mol. The summed E-state index contributed by atoms with van der Waals surface area (Å²) >= 11 is 0. The van der Waals surface area contributed by atoms with Gasteiger partial charge in [-0.3, -0.25) is 0 Å². The van der Waals surface area contributed by atoms with Crippen LogP contribution in [0.25, 0.3) is 0 Å². The lowest BCUT2D eigenvalue weighted by molar-refractivity contribution is 0.0963. The average Bonchev–Trinajstić information content (AvgIpc) is 2.42. The Balaban J connectivity index is 2.42. The van der Waals surface area contributed by atoms with Crippen LogP contribution in [0.3, 0.4) is 0 Å². The molecule has 1 N–H and O–H groups in total. The Morgan fingerprint density at radius 2 is 2.00 bits per heavy atom. The normalized spacial score (nSPS) is 10.7. The van der Waals surface area contributed by atoms with E-state index in [0.717, 1.165) is 31.6 Å². The monoisotopic (exact) mass is 269 g/mol. The summed E-state index contributed by atoms with van der Waals surface area (Å²) in [6.45, 7) is 7.20. The predicted octanol–water partition coefficient (Wildman–Crippen LogP) is 3.13. The van der Waals surface area contributed by atoms with E-state index in [1.807, 2.05) is 13.0 Å². The summed E-state index contributed by atoms with van der Waals surface area (Å²) in [6, 6.07) is 4.99. The highest BCUT2D eigenvalue weighted by atomic mass is 19.1. The number of nitrogens with one attached hydrogen (secondary N) is 1. The van der Waals surface area contributed by atoms with E-state index in [4.69, 9.17) is 9.47 Å². The van der Waals surface area contributed by atoms with Crippen LogP contribution in [0, 0.1) is 5.82 Å². The number of rotatable bonds is 10. The largest absolute Gasteiger partial charge is 0.488 e. The Hall–Kier alpha value is -1.13. The first-order valence-electron chi connectivity index (χ1n) is 6.98. The maximum atomic E-state index is 13.7. The fraction of sp³-hybridized carbons (Fsp3) is 0.600. The number of halogens is 1. The lowest BCUT2D eigenvalue weighted by Gasteiger charge is -2.12. The number of unbranched alkanes of at least 4 members (excludes halogenated alkanes) is 1. The van der Waals surface area contributed by atoms with Crippen molar-refractivity contribution in [2.24, 2.45) is 0 Å². The third-order valence-electron chi connectivity index (χ3n) is 2.73. The zero-order valence-corrected chi connectivity index (χ0v) is 11.9. The van der Waals surface area contributed by atoms with Gasteiger partial charge in [-0.25, -0.2) is 4.39 Å². The van der Waals surface area contributed by atoms with Crippen molar-refractivity contribution in [2.45, 2.75) is 33.2 Å². The molecule has 4 heteroatoms. The van der Waals surface area contributed by atoms with Crippen LogP contribution in [0.5, 0.6) is 5.75 Å². The quantitative estimate of drug-likeness (QED) is 0.662. The third kappa shape index (κ3) is 6.03. The predicted molar refractivity (Wildman–Crippen MR) is 75.0 cm³/mol. The van der Waals surface area contributed by atoms with Gasteiger partial charge < -0.3 is 14.8 Å². The second-order valence-corrected chi connectivity index (χ2v) is 4.32. The summed E-state index contributed by atoms with van der Waals surface area (Å²) in [5, 5.41) is 3.17. The van der Waals surface area contributed by atoms with Gasteiger partial charge in [0.1, 0.15) is 6.61 Å². The van der Waals surface area contributed by atoms with Crippen LogP contribution in [0.4, 0.5) is 4.39 Å². The van der Waals surface area contributed by atoms with Crippen molar-refractivity contribution in [3.05, 3.63) is 29.6 Å². The van der Waals surface area contributed by atoms with E-state index in [1.54, 1.807) is 6.07 Å². The number of hydrogen-bond donors (Lipinski definition) is 1. The molecule has 0 unspecified atom stereocenters. The molecule has 1 aromatic carbocycles. The molecule has 0 fully saturated rings. The molecule has 0 aliphatic heterocycles. The summed E-state index contributed by atoms with van der Waals surface area (Å²) in [4.78, 5) is 0. The molecular formula is C15H24FNO2. The van der Waals surface area contributed by atoms with E-state index in [-0.39, 0.29) is 5.82 Å². The molecule has 1 rings (SSSR count). The van der Waals surface area contributed by atoms with E-state index >= 15 is 0 Å². The number of benzene rings is 1. The van der Waals surface area contributed by atoms with Gasteiger partial charge in [0.2, 0.25) is 0 Å². The zero-order valence-electron chi connectivity index (χ0n) is 11.9. The standard InChI is InChI=1S/C15H24FNO2/c1-3-5-9-18-10-11-19-15-13(12-17-4-2)7-6-8-14(15)16/h6-8,17H,3-5,9-12H2,1-2H3.